The molecule has 25 aromatic carbocycles. The van der Waals surface area contributed by atoms with Gasteiger partial charge < -0.3 is 0 Å². The first-order chi connectivity index (χ1) is 74.5. The van der Waals surface area contributed by atoms with Crippen LogP contribution in [0.15, 0.2) is 619 Å². The predicted octanol–water partition coefficient (Wildman–Crippen LogP) is 41.7. The average molecular weight is 1900 g/mol. The van der Waals surface area contributed by atoms with Crippen LogP contribution in [-0.2, 0) is 0 Å². The quantitative estimate of drug-likeness (QED) is 0.0566. The highest BCUT2D eigenvalue weighted by Gasteiger charge is 2.35. The predicted molar refractivity (Wildman–Crippen MR) is 637 cm³/mol. The second-order valence-electron chi connectivity index (χ2n) is 38.4. The van der Waals surface area contributed by atoms with Gasteiger partial charge in [0.25, 0.3) is 0 Å². The molecule has 0 amide bonds. The Morgan fingerprint density at radius 2 is 0.133 bits per heavy atom. The van der Waals surface area contributed by atoms with E-state index >= 15 is 0 Å². The van der Waals surface area contributed by atoms with Crippen LogP contribution in [0.25, 0.3) is 267 Å². The topological polar surface area (TPSA) is 0 Å². The minimum absolute atomic E-state index is 1.07. The fourth-order valence-corrected chi connectivity index (χ4v) is 23.1. The summed E-state index contributed by atoms with van der Waals surface area (Å²) < 4.78 is 0. The first kappa shape index (κ1) is 91.7. The van der Waals surface area contributed by atoms with Gasteiger partial charge >= 0.3 is 0 Å². The summed E-state index contributed by atoms with van der Waals surface area (Å²) in [5, 5.41) is 0. The van der Waals surface area contributed by atoms with Gasteiger partial charge in [0.05, 0.1) is 0 Å². The van der Waals surface area contributed by atoms with Crippen molar-refractivity contribution >= 4 is 0 Å². The van der Waals surface area contributed by atoms with Gasteiger partial charge in [-0.1, -0.05) is 582 Å². The van der Waals surface area contributed by atoms with Crippen LogP contribution in [0.5, 0.6) is 0 Å². The third kappa shape index (κ3) is 17.7. The maximum Gasteiger partial charge on any atom is -0.00137 e. The fraction of sp³-hybridized carbons (Fsp3) is 0. The standard InChI is InChI=1S/C150H102/c1-16-55-103(56-17-1)133-136(106-61-22-4-23-62-106)142(112-73-34-10-35-74-112)148(143(113-75-36-11-37-76-113)137(133)107-63-24-5-25-64-107)121-88-52-85-118(97-121)127-91-46-49-94-130(127)124-100-125(131-95-50-47-92-128(131)119-86-53-89-122(98-119)149-144(114-77-38-12-39-78-114)138(108-65-26-6-27-66-108)134(104-57-18-2-19-58-104)139(109-67-28-7-29-68-109)145(149)115-79-40-13-41-80-115)102-126(101-124)132-96-51-48-93-129(132)120-87-54-90-123(99-120)150-146(116-81-42-14-43-82-116)140(110-69-30-8-31-70-110)135(105-59-20-3-21-60-105)141(111-71-32-9-33-72-111)147(150)117-83-44-15-45-84-117/h1-102H. The van der Waals surface area contributed by atoms with E-state index < -0.39 is 0 Å². The maximum absolute atomic E-state index is 2.48. The molecule has 0 unspecified atom stereocenters. The molecule has 0 N–H and O–H groups in total. The largest absolute Gasteiger partial charge is 0.0622 e. The highest BCUT2D eigenvalue weighted by atomic mass is 14.4. The summed E-state index contributed by atoms with van der Waals surface area (Å²) in [6.07, 6.45) is 0. The van der Waals surface area contributed by atoms with Crippen LogP contribution in [0.1, 0.15) is 0 Å². The van der Waals surface area contributed by atoms with Crippen LogP contribution in [0.3, 0.4) is 0 Å². The van der Waals surface area contributed by atoms with E-state index in [1.165, 1.54) is 16.7 Å². The molecule has 25 aromatic rings. The van der Waals surface area contributed by atoms with Crippen LogP contribution in [0, 0.1) is 0 Å². The lowest BCUT2D eigenvalue weighted by atomic mass is 9.74. The number of hydrogen-bond acceptors (Lipinski definition) is 0. The van der Waals surface area contributed by atoms with Crippen LogP contribution < -0.4 is 0 Å². The highest BCUT2D eigenvalue weighted by Crippen LogP contribution is 2.62. The Kier molecular flexibility index (Phi) is 25.5. The lowest BCUT2D eigenvalue weighted by Gasteiger charge is -2.29. The Bertz CT molecular complexity index is 7970. The zero-order valence-corrected chi connectivity index (χ0v) is 82.9. The Morgan fingerprint density at radius 1 is 0.0533 bits per heavy atom. The molecule has 0 radical (unpaired) electrons. The molecule has 0 atom stereocenters. The van der Waals surface area contributed by atoms with E-state index in [1.807, 2.05) is 0 Å². The zero-order valence-electron chi connectivity index (χ0n) is 82.9. The number of benzene rings is 25. The summed E-state index contributed by atoms with van der Waals surface area (Å²) in [6, 6.07) is 230. The minimum atomic E-state index is 1.07. The highest BCUT2D eigenvalue weighted by molar-refractivity contribution is 6.20. The minimum Gasteiger partial charge on any atom is -0.0622 e. The van der Waals surface area contributed by atoms with E-state index in [4.69, 9.17) is 0 Å². The normalized spacial score (nSPS) is 11.2. The molecular formula is C150H102. The number of hydrogen-bond donors (Lipinski definition) is 0. The Hall–Kier alpha value is -19.5. The van der Waals surface area contributed by atoms with Crippen LogP contribution in [-0.4, -0.2) is 0 Å². The van der Waals surface area contributed by atoms with Gasteiger partial charge in [-0.05, 0) is 303 Å². The molecular weight excluding hydrogens is 1800 g/mol. The monoisotopic (exact) mass is 1900 g/mol. The SMILES string of the molecule is c1ccc(-c2c(-c3ccccc3)c(-c3ccccc3)c(-c3cccc(-c4ccccc4-c4cc(-c5ccccc5-c5cccc(-c6c(-c7ccccc7)c(-c7ccccc7)c(-c7ccccc7)c(-c7ccccc7)c6-c6ccccc6)c5)cc(-c5ccccc5-c5cccc(-c6c(-c7ccccc7)c(-c7ccccc7)c(-c7ccccc7)c(-c7ccccc7)c6-c6ccccc6)c5)c4)c3)c(-c3ccccc3)c2-c2ccccc2)cc1. The van der Waals surface area contributed by atoms with Crippen molar-refractivity contribution in [1.29, 1.82) is 0 Å². The summed E-state index contributed by atoms with van der Waals surface area (Å²) in [5.41, 5.74) is 54.0. The molecule has 702 valence electrons. The van der Waals surface area contributed by atoms with Crippen molar-refractivity contribution in [3.8, 4) is 267 Å². The van der Waals surface area contributed by atoms with Gasteiger partial charge in [0.15, 0.2) is 0 Å². The molecule has 0 heteroatoms. The van der Waals surface area contributed by atoms with Gasteiger partial charge in [-0.15, -0.1) is 0 Å². The molecule has 0 nitrogen and oxygen atoms in total. The second kappa shape index (κ2) is 41.7. The van der Waals surface area contributed by atoms with Crippen LogP contribution in [0.2, 0.25) is 0 Å². The van der Waals surface area contributed by atoms with E-state index in [0.29, 0.717) is 0 Å². The third-order valence-corrected chi connectivity index (χ3v) is 29.5. The van der Waals surface area contributed by atoms with Gasteiger partial charge in [0.2, 0.25) is 0 Å². The molecule has 0 spiro atoms. The molecule has 0 aliphatic heterocycles. The zero-order chi connectivity index (χ0) is 99.8. The van der Waals surface area contributed by atoms with Gasteiger partial charge in [-0.25, -0.2) is 0 Å². The van der Waals surface area contributed by atoms with Gasteiger partial charge in [0, 0.05) is 0 Å². The molecule has 0 saturated heterocycles. The van der Waals surface area contributed by atoms with Crippen molar-refractivity contribution in [2.45, 2.75) is 0 Å². The van der Waals surface area contributed by atoms with E-state index in [0.717, 1.165) is 250 Å². The van der Waals surface area contributed by atoms with Crippen molar-refractivity contribution < 1.29 is 0 Å². The molecule has 0 aromatic heterocycles. The van der Waals surface area contributed by atoms with E-state index in [-0.39, 0.29) is 0 Å². The van der Waals surface area contributed by atoms with Crippen LogP contribution >= 0.6 is 0 Å². The molecule has 150 heavy (non-hydrogen) atoms. The summed E-state index contributed by atoms with van der Waals surface area (Å²) in [5.74, 6) is 0. The molecule has 25 rings (SSSR count). The van der Waals surface area contributed by atoms with Gasteiger partial charge in [0.1, 0.15) is 0 Å². The van der Waals surface area contributed by atoms with Crippen LogP contribution in [0.4, 0.5) is 0 Å². The Morgan fingerprint density at radius 3 is 0.253 bits per heavy atom. The molecule has 0 aliphatic rings. The summed E-state index contributed by atoms with van der Waals surface area (Å²) in [6.45, 7) is 0. The molecule has 0 bridgehead atoms. The molecule has 0 heterocycles. The van der Waals surface area contributed by atoms with Crippen molar-refractivity contribution in [1.82, 2.24) is 0 Å². The first-order valence-corrected chi connectivity index (χ1v) is 51.8. The lowest BCUT2D eigenvalue weighted by molar-refractivity contribution is 1.51. The molecule has 0 aliphatic carbocycles. The van der Waals surface area contributed by atoms with Crippen molar-refractivity contribution in [3.05, 3.63) is 619 Å². The fourth-order valence-electron chi connectivity index (χ4n) is 23.1. The Balaban J connectivity index is 0.745. The van der Waals surface area contributed by atoms with Gasteiger partial charge in [-0.2, -0.15) is 0 Å². The van der Waals surface area contributed by atoms with Gasteiger partial charge in [-0.3, -0.25) is 0 Å². The molecule has 0 fully saturated rings. The number of rotatable bonds is 24. The Labute approximate surface area is 879 Å². The first-order valence-electron chi connectivity index (χ1n) is 51.8. The lowest BCUT2D eigenvalue weighted by Crippen LogP contribution is -2.02. The van der Waals surface area contributed by atoms with Crippen molar-refractivity contribution in [2.75, 3.05) is 0 Å². The second-order valence-corrected chi connectivity index (χ2v) is 38.4. The van der Waals surface area contributed by atoms with E-state index in [1.54, 1.807) is 0 Å². The smallest absolute Gasteiger partial charge is 0.00137 e. The summed E-state index contributed by atoms with van der Waals surface area (Å²) in [4.78, 5) is 0. The maximum atomic E-state index is 2.48. The molecule has 0 saturated carbocycles. The average Bonchev–Trinajstić information content (AvgIpc) is 0.720. The summed E-state index contributed by atoms with van der Waals surface area (Å²) in [7, 11) is 0. The summed E-state index contributed by atoms with van der Waals surface area (Å²) >= 11 is 0. The van der Waals surface area contributed by atoms with E-state index in [9.17, 15) is 0 Å². The van der Waals surface area contributed by atoms with E-state index in [2.05, 4.69) is 619 Å². The third-order valence-electron chi connectivity index (χ3n) is 29.5. The van der Waals surface area contributed by atoms with Crippen molar-refractivity contribution in [3.63, 3.8) is 0 Å². The van der Waals surface area contributed by atoms with Crippen molar-refractivity contribution in [2.24, 2.45) is 0 Å².